The molecule has 0 atom stereocenters. The van der Waals surface area contributed by atoms with Crippen LogP contribution in [0, 0.1) is 6.92 Å². The van der Waals surface area contributed by atoms with Gasteiger partial charge in [0.05, 0.1) is 23.9 Å². The van der Waals surface area contributed by atoms with E-state index in [1.165, 1.54) is 18.5 Å². The second-order valence-electron chi connectivity index (χ2n) is 4.44. The van der Waals surface area contributed by atoms with Crippen molar-refractivity contribution < 1.29 is 14.7 Å². The molecule has 2 rings (SSSR count). The highest BCUT2D eigenvalue weighted by Gasteiger charge is 2.12. The number of carboxylic acids is 1. The van der Waals surface area contributed by atoms with Crippen LogP contribution in [0.3, 0.4) is 0 Å². The van der Waals surface area contributed by atoms with Crippen LogP contribution in [0.4, 0.5) is 5.69 Å². The molecule has 2 N–H and O–H groups in total. The summed E-state index contributed by atoms with van der Waals surface area (Å²) in [5, 5.41) is 11.6. The van der Waals surface area contributed by atoms with Crippen LogP contribution in [0.1, 0.15) is 21.5 Å². The van der Waals surface area contributed by atoms with Gasteiger partial charge in [-0.3, -0.25) is 9.78 Å². The number of nitrogens with zero attached hydrogens (tertiary/aromatic N) is 1. The van der Waals surface area contributed by atoms with Gasteiger partial charge in [0.2, 0.25) is 5.91 Å². The fourth-order valence-electron chi connectivity index (χ4n) is 1.77. The number of nitrogens with one attached hydrogen (secondary N) is 1. The summed E-state index contributed by atoms with van der Waals surface area (Å²) < 4.78 is 0. The van der Waals surface area contributed by atoms with Crippen molar-refractivity contribution in [3.05, 3.63) is 59.4 Å². The minimum absolute atomic E-state index is 0.0252. The Kier molecular flexibility index (Phi) is 4.10. The number of carbonyl (C=O) groups is 2. The molecule has 1 amide bonds. The van der Waals surface area contributed by atoms with Crippen molar-refractivity contribution in [1.29, 1.82) is 0 Å². The SMILES string of the molecule is Cc1ccc(CC(=O)Nc2cnccc2C(=O)O)cc1. The van der Waals surface area contributed by atoms with Gasteiger partial charge in [0, 0.05) is 6.20 Å². The topological polar surface area (TPSA) is 79.3 Å². The predicted octanol–water partition coefficient (Wildman–Crippen LogP) is 2.27. The average Bonchev–Trinajstić information content (AvgIpc) is 2.41. The number of rotatable bonds is 4. The van der Waals surface area contributed by atoms with Crippen molar-refractivity contribution in [1.82, 2.24) is 4.98 Å². The Morgan fingerprint density at radius 2 is 1.90 bits per heavy atom. The molecule has 0 radical (unpaired) electrons. The maximum atomic E-state index is 11.9. The fourth-order valence-corrected chi connectivity index (χ4v) is 1.77. The third-order valence-electron chi connectivity index (χ3n) is 2.81. The molecular weight excluding hydrogens is 256 g/mol. The largest absolute Gasteiger partial charge is 0.478 e. The Labute approximate surface area is 116 Å². The average molecular weight is 270 g/mol. The van der Waals surface area contributed by atoms with Gasteiger partial charge in [-0.05, 0) is 18.6 Å². The van der Waals surface area contributed by atoms with Gasteiger partial charge in [-0.15, -0.1) is 0 Å². The van der Waals surface area contributed by atoms with E-state index in [-0.39, 0.29) is 23.6 Å². The van der Waals surface area contributed by atoms with Gasteiger partial charge in [0.15, 0.2) is 0 Å². The van der Waals surface area contributed by atoms with Gasteiger partial charge in [-0.1, -0.05) is 29.8 Å². The summed E-state index contributed by atoms with van der Waals surface area (Å²) in [5.74, 6) is -1.37. The Bertz CT molecular complexity index is 636. The minimum Gasteiger partial charge on any atom is -0.478 e. The van der Waals surface area contributed by atoms with Gasteiger partial charge in [0.25, 0.3) is 0 Å². The summed E-state index contributed by atoms with van der Waals surface area (Å²) in [4.78, 5) is 26.8. The van der Waals surface area contributed by atoms with Crippen LogP contribution >= 0.6 is 0 Å². The zero-order valence-corrected chi connectivity index (χ0v) is 11.0. The standard InChI is InChI=1S/C15H14N2O3/c1-10-2-4-11(5-3-10)8-14(18)17-13-9-16-7-6-12(13)15(19)20/h2-7,9H,8H2,1H3,(H,17,18)(H,19,20). The summed E-state index contributed by atoms with van der Waals surface area (Å²) in [7, 11) is 0. The first-order chi connectivity index (χ1) is 9.56. The van der Waals surface area contributed by atoms with E-state index in [9.17, 15) is 9.59 Å². The molecule has 0 saturated heterocycles. The lowest BCUT2D eigenvalue weighted by Crippen LogP contribution is -2.17. The number of carbonyl (C=O) groups excluding carboxylic acids is 1. The maximum Gasteiger partial charge on any atom is 0.337 e. The summed E-state index contributed by atoms with van der Waals surface area (Å²) >= 11 is 0. The highest BCUT2D eigenvalue weighted by Crippen LogP contribution is 2.14. The van der Waals surface area contributed by atoms with Crippen LogP contribution in [-0.4, -0.2) is 22.0 Å². The first kappa shape index (κ1) is 13.7. The quantitative estimate of drug-likeness (QED) is 0.893. The second-order valence-corrected chi connectivity index (χ2v) is 4.44. The molecule has 102 valence electrons. The van der Waals surface area contributed by atoms with Crippen LogP contribution in [0.5, 0.6) is 0 Å². The highest BCUT2D eigenvalue weighted by molar-refractivity contribution is 6.00. The van der Waals surface area contributed by atoms with Crippen LogP contribution in [0.2, 0.25) is 0 Å². The van der Waals surface area contributed by atoms with E-state index in [0.29, 0.717) is 0 Å². The first-order valence-corrected chi connectivity index (χ1v) is 6.09. The molecule has 1 aromatic carbocycles. The van der Waals surface area contributed by atoms with E-state index in [4.69, 9.17) is 5.11 Å². The van der Waals surface area contributed by atoms with Crippen molar-refractivity contribution in [2.45, 2.75) is 13.3 Å². The number of hydrogen-bond donors (Lipinski definition) is 2. The minimum atomic E-state index is -1.10. The molecule has 2 aromatic rings. The molecule has 0 aliphatic heterocycles. The molecule has 0 saturated carbocycles. The van der Waals surface area contributed by atoms with Crippen molar-refractivity contribution in [3.8, 4) is 0 Å². The zero-order chi connectivity index (χ0) is 14.5. The van der Waals surface area contributed by atoms with E-state index in [1.807, 2.05) is 31.2 Å². The number of pyridine rings is 1. The van der Waals surface area contributed by atoms with Crippen LogP contribution in [0.15, 0.2) is 42.7 Å². The van der Waals surface area contributed by atoms with Crippen molar-refractivity contribution >= 4 is 17.6 Å². The number of anilines is 1. The molecule has 0 fully saturated rings. The molecule has 0 aliphatic carbocycles. The van der Waals surface area contributed by atoms with Crippen LogP contribution in [0.25, 0.3) is 0 Å². The number of benzene rings is 1. The number of amides is 1. The Hall–Kier alpha value is -2.69. The third kappa shape index (κ3) is 3.41. The van der Waals surface area contributed by atoms with E-state index in [2.05, 4.69) is 10.3 Å². The molecule has 0 unspecified atom stereocenters. The molecule has 0 aliphatic rings. The highest BCUT2D eigenvalue weighted by atomic mass is 16.4. The summed E-state index contributed by atoms with van der Waals surface area (Å²) in [6.45, 7) is 1.97. The van der Waals surface area contributed by atoms with Crippen molar-refractivity contribution in [2.24, 2.45) is 0 Å². The van der Waals surface area contributed by atoms with E-state index < -0.39 is 5.97 Å². The Balaban J connectivity index is 2.08. The van der Waals surface area contributed by atoms with Crippen LogP contribution in [-0.2, 0) is 11.2 Å². The van der Waals surface area contributed by atoms with E-state index >= 15 is 0 Å². The normalized spacial score (nSPS) is 10.1. The monoisotopic (exact) mass is 270 g/mol. The molecule has 20 heavy (non-hydrogen) atoms. The number of aromatic carboxylic acids is 1. The number of carboxylic acid groups (broad SMARTS) is 1. The smallest absolute Gasteiger partial charge is 0.337 e. The fraction of sp³-hybridized carbons (Fsp3) is 0.133. The molecule has 1 heterocycles. The Morgan fingerprint density at radius 1 is 1.20 bits per heavy atom. The van der Waals surface area contributed by atoms with Gasteiger partial charge >= 0.3 is 5.97 Å². The van der Waals surface area contributed by atoms with Crippen molar-refractivity contribution in [2.75, 3.05) is 5.32 Å². The molecule has 5 heteroatoms. The zero-order valence-electron chi connectivity index (χ0n) is 11.0. The number of hydrogen-bond acceptors (Lipinski definition) is 3. The summed E-state index contributed by atoms with van der Waals surface area (Å²) in [5.41, 5.74) is 2.22. The molecule has 5 nitrogen and oxygen atoms in total. The van der Waals surface area contributed by atoms with Gasteiger partial charge in [0.1, 0.15) is 0 Å². The van der Waals surface area contributed by atoms with Gasteiger partial charge < -0.3 is 10.4 Å². The first-order valence-electron chi connectivity index (χ1n) is 6.09. The lowest BCUT2D eigenvalue weighted by atomic mass is 10.1. The molecule has 0 spiro atoms. The van der Waals surface area contributed by atoms with E-state index in [0.717, 1.165) is 11.1 Å². The summed E-state index contributed by atoms with van der Waals surface area (Å²) in [6.07, 6.45) is 2.89. The number of aromatic nitrogens is 1. The number of aryl methyl sites for hydroxylation is 1. The lowest BCUT2D eigenvalue weighted by molar-refractivity contribution is -0.115. The van der Waals surface area contributed by atoms with Crippen molar-refractivity contribution in [3.63, 3.8) is 0 Å². The molecular formula is C15H14N2O3. The Morgan fingerprint density at radius 3 is 2.55 bits per heavy atom. The van der Waals surface area contributed by atoms with Crippen LogP contribution < -0.4 is 5.32 Å². The van der Waals surface area contributed by atoms with Gasteiger partial charge in [-0.2, -0.15) is 0 Å². The van der Waals surface area contributed by atoms with Gasteiger partial charge in [-0.25, -0.2) is 4.79 Å². The molecule has 0 bridgehead atoms. The summed E-state index contributed by atoms with van der Waals surface area (Å²) in [6, 6.07) is 8.95. The second kappa shape index (κ2) is 5.97. The lowest BCUT2D eigenvalue weighted by Gasteiger charge is -2.07. The van der Waals surface area contributed by atoms with E-state index in [1.54, 1.807) is 0 Å². The third-order valence-corrected chi connectivity index (χ3v) is 2.81. The maximum absolute atomic E-state index is 11.9. The molecule has 1 aromatic heterocycles. The predicted molar refractivity (Wildman–Crippen MR) is 74.7 cm³/mol.